The number of rotatable bonds is 7. The number of nitrogens with one attached hydrogen (secondary N) is 2. The Balaban J connectivity index is 2.04. The second-order valence-electron chi connectivity index (χ2n) is 6.07. The first-order valence-electron chi connectivity index (χ1n) is 8.45. The van der Waals surface area contributed by atoms with Gasteiger partial charge in [-0.2, -0.15) is 0 Å². The maximum absolute atomic E-state index is 12.4. The Morgan fingerprint density at radius 3 is 2.48 bits per heavy atom. The van der Waals surface area contributed by atoms with E-state index in [4.69, 9.17) is 4.74 Å². The number of carbonyl (C=O) groups is 1. The minimum absolute atomic E-state index is 0.117. The molecule has 0 aliphatic rings. The van der Waals surface area contributed by atoms with Crippen LogP contribution < -0.4 is 15.4 Å². The van der Waals surface area contributed by atoms with Gasteiger partial charge in [-0.05, 0) is 69.2 Å². The topological polar surface area (TPSA) is 70.6 Å². The van der Waals surface area contributed by atoms with Crippen molar-refractivity contribution in [3.05, 3.63) is 53.1 Å². The van der Waals surface area contributed by atoms with Crippen LogP contribution in [0.5, 0.6) is 5.75 Å². The highest BCUT2D eigenvalue weighted by molar-refractivity contribution is 5.96. The maximum Gasteiger partial charge on any atom is 0.246 e. The lowest BCUT2D eigenvalue weighted by Gasteiger charge is -2.17. The first kappa shape index (κ1) is 18.8. The van der Waals surface area contributed by atoms with Crippen molar-refractivity contribution >= 4 is 17.3 Å². The lowest BCUT2D eigenvalue weighted by Crippen LogP contribution is -2.31. The summed E-state index contributed by atoms with van der Waals surface area (Å²) in [7, 11) is 0. The van der Waals surface area contributed by atoms with Crippen molar-refractivity contribution in [2.24, 2.45) is 0 Å². The smallest absolute Gasteiger partial charge is 0.246 e. The first-order chi connectivity index (χ1) is 11.9. The highest BCUT2D eigenvalue weighted by Crippen LogP contribution is 2.23. The van der Waals surface area contributed by atoms with Gasteiger partial charge in [0.25, 0.3) is 0 Å². The van der Waals surface area contributed by atoms with Gasteiger partial charge >= 0.3 is 0 Å². The molecule has 25 heavy (non-hydrogen) atoms. The van der Waals surface area contributed by atoms with Gasteiger partial charge in [-0.25, -0.2) is 0 Å². The molecule has 0 saturated carbocycles. The molecule has 0 aromatic heterocycles. The molecular formula is C20H26N2O3. The largest absolute Gasteiger partial charge is 0.494 e. The fraction of sp³-hybridized carbons (Fsp3) is 0.350. The third-order valence-electron chi connectivity index (χ3n) is 4.08. The normalized spacial score (nSPS) is 11.7. The van der Waals surface area contributed by atoms with Crippen molar-refractivity contribution in [1.82, 2.24) is 0 Å². The van der Waals surface area contributed by atoms with Crippen molar-refractivity contribution in [1.29, 1.82) is 0 Å². The van der Waals surface area contributed by atoms with E-state index in [1.807, 2.05) is 45.0 Å². The minimum atomic E-state index is -0.425. The molecule has 1 atom stereocenters. The summed E-state index contributed by atoms with van der Waals surface area (Å²) in [5, 5.41) is 15.5. The van der Waals surface area contributed by atoms with E-state index in [2.05, 4.69) is 10.6 Å². The Kier molecular flexibility index (Phi) is 6.42. The van der Waals surface area contributed by atoms with Crippen molar-refractivity contribution in [3.8, 4) is 5.75 Å². The molecule has 0 spiro atoms. The van der Waals surface area contributed by atoms with Crippen LogP contribution in [-0.4, -0.2) is 23.7 Å². The van der Waals surface area contributed by atoms with Crippen LogP contribution in [0.2, 0.25) is 0 Å². The zero-order chi connectivity index (χ0) is 18.4. The molecule has 5 nitrogen and oxygen atoms in total. The summed E-state index contributed by atoms with van der Waals surface area (Å²) in [6, 6.07) is 10.9. The zero-order valence-electron chi connectivity index (χ0n) is 15.2. The lowest BCUT2D eigenvalue weighted by molar-refractivity contribution is -0.116. The van der Waals surface area contributed by atoms with Gasteiger partial charge in [0, 0.05) is 16.9 Å². The predicted octanol–water partition coefficient (Wildman–Crippen LogP) is 3.63. The lowest BCUT2D eigenvalue weighted by atomic mass is 10.1. The van der Waals surface area contributed by atoms with Gasteiger partial charge < -0.3 is 20.5 Å². The molecule has 0 heterocycles. The average Bonchev–Trinajstić information content (AvgIpc) is 2.59. The van der Waals surface area contributed by atoms with Crippen molar-refractivity contribution in [2.45, 2.75) is 40.3 Å². The van der Waals surface area contributed by atoms with E-state index in [9.17, 15) is 9.90 Å². The quantitative estimate of drug-likeness (QED) is 0.718. The van der Waals surface area contributed by atoms with Crippen LogP contribution in [0, 0.1) is 13.8 Å². The molecule has 0 aliphatic carbocycles. The standard InChI is InChI=1S/C20H26N2O3/c1-5-25-19-9-8-18(11-16(19)12-23)21-15(4)20(24)22-17-7-6-13(2)14(3)10-17/h6-11,15,21,23H,5,12H2,1-4H3,(H,22,24). The number of anilines is 2. The molecule has 3 N–H and O–H groups in total. The van der Waals surface area contributed by atoms with E-state index in [1.165, 1.54) is 5.56 Å². The molecule has 2 rings (SSSR count). The summed E-state index contributed by atoms with van der Waals surface area (Å²) in [6.07, 6.45) is 0. The number of hydrogen-bond acceptors (Lipinski definition) is 4. The number of hydrogen-bond donors (Lipinski definition) is 3. The number of amides is 1. The molecule has 1 unspecified atom stereocenters. The maximum atomic E-state index is 12.4. The van der Waals surface area contributed by atoms with E-state index in [0.717, 1.165) is 16.9 Å². The van der Waals surface area contributed by atoms with E-state index in [0.29, 0.717) is 17.9 Å². The summed E-state index contributed by atoms with van der Waals surface area (Å²) in [6.45, 7) is 8.17. The second-order valence-corrected chi connectivity index (χ2v) is 6.07. The number of ether oxygens (including phenoxy) is 1. The molecule has 5 heteroatoms. The van der Waals surface area contributed by atoms with Gasteiger partial charge in [-0.3, -0.25) is 4.79 Å². The average molecular weight is 342 g/mol. The fourth-order valence-electron chi connectivity index (χ4n) is 2.47. The van der Waals surface area contributed by atoms with E-state index >= 15 is 0 Å². The SMILES string of the molecule is CCOc1ccc(NC(C)C(=O)Nc2ccc(C)c(C)c2)cc1CO. The highest BCUT2D eigenvalue weighted by Gasteiger charge is 2.14. The van der Waals surface area contributed by atoms with Gasteiger partial charge in [0.1, 0.15) is 11.8 Å². The molecule has 0 aliphatic heterocycles. The Hall–Kier alpha value is -2.53. The molecule has 134 valence electrons. The van der Waals surface area contributed by atoms with Gasteiger partial charge in [-0.1, -0.05) is 6.07 Å². The second kappa shape index (κ2) is 8.53. The molecule has 0 bridgehead atoms. The molecule has 2 aromatic rings. The van der Waals surface area contributed by atoms with E-state index in [1.54, 1.807) is 19.1 Å². The van der Waals surface area contributed by atoms with Crippen LogP contribution in [0.3, 0.4) is 0 Å². The van der Waals surface area contributed by atoms with Crippen molar-refractivity contribution < 1.29 is 14.6 Å². The number of benzene rings is 2. The predicted molar refractivity (Wildman–Crippen MR) is 101 cm³/mol. The Bertz CT molecular complexity index is 744. The fourth-order valence-corrected chi connectivity index (χ4v) is 2.47. The van der Waals surface area contributed by atoms with Gasteiger partial charge in [0.2, 0.25) is 5.91 Å². The summed E-state index contributed by atoms with van der Waals surface area (Å²) in [5.41, 5.74) is 4.56. The Morgan fingerprint density at radius 2 is 1.84 bits per heavy atom. The zero-order valence-corrected chi connectivity index (χ0v) is 15.2. The monoisotopic (exact) mass is 342 g/mol. The number of aryl methyl sites for hydroxylation is 2. The van der Waals surface area contributed by atoms with Crippen molar-refractivity contribution in [3.63, 3.8) is 0 Å². The molecule has 0 saturated heterocycles. The van der Waals surface area contributed by atoms with E-state index in [-0.39, 0.29) is 12.5 Å². The Labute approximate surface area is 149 Å². The van der Waals surface area contributed by atoms with Gasteiger partial charge in [0.15, 0.2) is 0 Å². The molecule has 0 fully saturated rings. The number of aliphatic hydroxyl groups excluding tert-OH is 1. The van der Waals surface area contributed by atoms with Crippen LogP contribution in [0.15, 0.2) is 36.4 Å². The van der Waals surface area contributed by atoms with Crippen LogP contribution in [0.25, 0.3) is 0 Å². The highest BCUT2D eigenvalue weighted by atomic mass is 16.5. The minimum Gasteiger partial charge on any atom is -0.494 e. The summed E-state index contributed by atoms with van der Waals surface area (Å²) in [5.74, 6) is 0.533. The third kappa shape index (κ3) is 4.97. The number of aliphatic hydroxyl groups is 1. The third-order valence-corrected chi connectivity index (χ3v) is 4.08. The van der Waals surface area contributed by atoms with Crippen LogP contribution in [0.1, 0.15) is 30.5 Å². The summed E-state index contributed by atoms with van der Waals surface area (Å²) in [4.78, 5) is 12.4. The van der Waals surface area contributed by atoms with E-state index < -0.39 is 6.04 Å². The summed E-state index contributed by atoms with van der Waals surface area (Å²) < 4.78 is 5.47. The molecule has 2 aromatic carbocycles. The molecule has 0 radical (unpaired) electrons. The Morgan fingerprint density at radius 1 is 1.12 bits per heavy atom. The van der Waals surface area contributed by atoms with Crippen molar-refractivity contribution in [2.75, 3.05) is 17.2 Å². The van der Waals surface area contributed by atoms with Crippen LogP contribution in [0.4, 0.5) is 11.4 Å². The van der Waals surface area contributed by atoms with Gasteiger partial charge in [-0.15, -0.1) is 0 Å². The first-order valence-corrected chi connectivity index (χ1v) is 8.45. The molecular weight excluding hydrogens is 316 g/mol. The summed E-state index contributed by atoms with van der Waals surface area (Å²) >= 11 is 0. The van der Waals surface area contributed by atoms with Gasteiger partial charge in [0.05, 0.1) is 13.2 Å². The number of carbonyl (C=O) groups excluding carboxylic acids is 1. The van der Waals surface area contributed by atoms with Crippen LogP contribution >= 0.6 is 0 Å². The molecule has 1 amide bonds. The van der Waals surface area contributed by atoms with Crippen LogP contribution in [-0.2, 0) is 11.4 Å².